The Bertz CT molecular complexity index is 353. The number of hydrogen-bond donors (Lipinski definition) is 1. The molecule has 1 aliphatic heterocycles. The molecule has 0 spiro atoms. The summed E-state index contributed by atoms with van der Waals surface area (Å²) in [5, 5.41) is 1.30. The van der Waals surface area contributed by atoms with Gasteiger partial charge in [0, 0.05) is 6.42 Å². The van der Waals surface area contributed by atoms with Gasteiger partial charge in [-0.15, -0.1) is 0 Å². The highest BCUT2D eigenvalue weighted by Gasteiger charge is 2.28. The van der Waals surface area contributed by atoms with Crippen LogP contribution in [0.5, 0.6) is 0 Å². The van der Waals surface area contributed by atoms with Crippen LogP contribution < -0.4 is 5.84 Å². The first-order chi connectivity index (χ1) is 7.77. The molecule has 1 aliphatic rings. The number of ether oxygens (including phenoxy) is 1. The second kappa shape index (κ2) is 5.09. The molecule has 4 heteroatoms. The Morgan fingerprint density at radius 3 is 2.75 bits per heavy atom. The fourth-order valence-electron chi connectivity index (χ4n) is 1.81. The van der Waals surface area contributed by atoms with E-state index in [-0.39, 0.29) is 11.9 Å². The molecule has 1 amide bonds. The zero-order valence-electron chi connectivity index (χ0n) is 9.13. The number of amides is 1. The molecule has 1 atom stereocenters. The maximum absolute atomic E-state index is 11.2. The van der Waals surface area contributed by atoms with Gasteiger partial charge in [-0.25, -0.2) is 5.84 Å². The monoisotopic (exact) mass is 220 g/mol. The van der Waals surface area contributed by atoms with E-state index in [9.17, 15) is 4.79 Å². The van der Waals surface area contributed by atoms with Crippen molar-refractivity contribution in [2.75, 3.05) is 6.61 Å². The normalized spacial score (nSPS) is 20.4. The number of nitrogens with zero attached hydrogens (tertiary/aromatic N) is 1. The lowest BCUT2D eigenvalue weighted by molar-refractivity contribution is -0.130. The zero-order chi connectivity index (χ0) is 11.4. The largest absolute Gasteiger partial charge is 0.375 e. The predicted octanol–water partition coefficient (Wildman–Crippen LogP) is 1.07. The van der Waals surface area contributed by atoms with Gasteiger partial charge in [0.25, 0.3) is 0 Å². The first kappa shape index (κ1) is 11.1. The van der Waals surface area contributed by atoms with Crippen molar-refractivity contribution in [1.82, 2.24) is 5.01 Å². The van der Waals surface area contributed by atoms with E-state index in [1.807, 2.05) is 30.3 Å². The van der Waals surface area contributed by atoms with E-state index in [0.29, 0.717) is 19.6 Å². The topological polar surface area (TPSA) is 55.6 Å². The minimum absolute atomic E-state index is 0.00770. The van der Waals surface area contributed by atoms with Gasteiger partial charge >= 0.3 is 0 Å². The van der Waals surface area contributed by atoms with Crippen LogP contribution in [-0.4, -0.2) is 23.6 Å². The fraction of sp³-hybridized carbons (Fsp3) is 0.417. The maximum atomic E-state index is 11.2. The van der Waals surface area contributed by atoms with Gasteiger partial charge in [-0.3, -0.25) is 9.80 Å². The molecule has 0 saturated carbocycles. The first-order valence-electron chi connectivity index (χ1n) is 5.46. The number of nitrogens with two attached hydrogens (primary N) is 1. The highest BCUT2D eigenvalue weighted by atomic mass is 16.5. The van der Waals surface area contributed by atoms with Crippen molar-refractivity contribution < 1.29 is 9.53 Å². The lowest BCUT2D eigenvalue weighted by Gasteiger charge is -2.18. The highest BCUT2D eigenvalue weighted by molar-refractivity contribution is 5.78. The molecule has 1 aromatic rings. The summed E-state index contributed by atoms with van der Waals surface area (Å²) >= 11 is 0. The number of carbonyl (C=O) groups excluding carboxylic acids is 1. The molecular formula is C12H16N2O2. The maximum Gasteiger partial charge on any atom is 0.236 e. The standard InChI is InChI=1S/C12H16N2O2/c13-14-11(6-7-12(14)15)9-16-8-10-4-2-1-3-5-10/h1-5,11H,6-9,13H2/t11-/m1/s1. The van der Waals surface area contributed by atoms with Crippen molar-refractivity contribution in [2.45, 2.75) is 25.5 Å². The molecule has 0 radical (unpaired) electrons. The molecule has 0 bridgehead atoms. The number of carbonyl (C=O) groups is 1. The summed E-state index contributed by atoms with van der Waals surface area (Å²) in [6.45, 7) is 1.08. The third kappa shape index (κ3) is 2.59. The molecule has 0 aliphatic carbocycles. The highest BCUT2D eigenvalue weighted by Crippen LogP contribution is 2.15. The van der Waals surface area contributed by atoms with Gasteiger partial charge < -0.3 is 4.74 Å². The average molecular weight is 220 g/mol. The van der Waals surface area contributed by atoms with Crippen molar-refractivity contribution >= 4 is 5.91 Å². The van der Waals surface area contributed by atoms with Crippen LogP contribution in [0.1, 0.15) is 18.4 Å². The van der Waals surface area contributed by atoms with Crippen molar-refractivity contribution in [1.29, 1.82) is 0 Å². The minimum Gasteiger partial charge on any atom is -0.375 e. The van der Waals surface area contributed by atoms with Crippen LogP contribution in [0.25, 0.3) is 0 Å². The van der Waals surface area contributed by atoms with Crippen LogP contribution in [0.3, 0.4) is 0 Å². The Kier molecular flexibility index (Phi) is 3.54. The number of hydrogen-bond acceptors (Lipinski definition) is 3. The molecule has 1 aromatic carbocycles. The Hall–Kier alpha value is -1.39. The molecule has 1 fully saturated rings. The zero-order valence-corrected chi connectivity index (χ0v) is 9.13. The van der Waals surface area contributed by atoms with Crippen LogP contribution in [0.2, 0.25) is 0 Å². The molecule has 16 heavy (non-hydrogen) atoms. The van der Waals surface area contributed by atoms with Gasteiger partial charge in [0.2, 0.25) is 5.91 Å². The number of rotatable bonds is 4. The Morgan fingerprint density at radius 2 is 2.12 bits per heavy atom. The van der Waals surface area contributed by atoms with Crippen LogP contribution in [0.4, 0.5) is 0 Å². The molecule has 0 aromatic heterocycles. The molecular weight excluding hydrogens is 204 g/mol. The molecule has 4 nitrogen and oxygen atoms in total. The van der Waals surface area contributed by atoms with E-state index >= 15 is 0 Å². The smallest absolute Gasteiger partial charge is 0.236 e. The summed E-state index contributed by atoms with van der Waals surface area (Å²) in [6.07, 6.45) is 1.33. The lowest BCUT2D eigenvalue weighted by Crippen LogP contribution is -2.41. The molecule has 86 valence electrons. The summed E-state index contributed by atoms with van der Waals surface area (Å²) in [6, 6.07) is 10.00. The Morgan fingerprint density at radius 1 is 1.38 bits per heavy atom. The third-order valence-corrected chi connectivity index (χ3v) is 2.79. The van der Waals surface area contributed by atoms with E-state index in [0.717, 1.165) is 12.0 Å². The first-order valence-corrected chi connectivity index (χ1v) is 5.46. The second-order valence-electron chi connectivity index (χ2n) is 3.99. The van der Waals surface area contributed by atoms with Crippen LogP contribution >= 0.6 is 0 Å². The van der Waals surface area contributed by atoms with E-state index < -0.39 is 0 Å². The Labute approximate surface area is 95.0 Å². The quantitative estimate of drug-likeness (QED) is 0.610. The number of benzene rings is 1. The van der Waals surface area contributed by atoms with Gasteiger partial charge in [0.1, 0.15) is 0 Å². The van der Waals surface area contributed by atoms with E-state index in [4.69, 9.17) is 10.6 Å². The molecule has 1 heterocycles. The summed E-state index contributed by atoms with van der Waals surface area (Å²) in [5.41, 5.74) is 1.13. The summed E-state index contributed by atoms with van der Waals surface area (Å²) in [4.78, 5) is 11.2. The predicted molar refractivity (Wildman–Crippen MR) is 60.2 cm³/mol. The van der Waals surface area contributed by atoms with Crippen LogP contribution in [0, 0.1) is 0 Å². The Balaban J connectivity index is 1.75. The van der Waals surface area contributed by atoms with E-state index in [1.54, 1.807) is 0 Å². The summed E-state index contributed by atoms with van der Waals surface area (Å²) in [7, 11) is 0. The molecule has 2 rings (SSSR count). The van der Waals surface area contributed by atoms with E-state index in [2.05, 4.69) is 0 Å². The van der Waals surface area contributed by atoms with Gasteiger partial charge in [-0.2, -0.15) is 0 Å². The SMILES string of the molecule is NN1C(=O)CC[C@@H]1COCc1ccccc1. The van der Waals surface area contributed by atoms with Crippen LogP contribution in [0.15, 0.2) is 30.3 Å². The lowest BCUT2D eigenvalue weighted by atomic mass is 10.2. The van der Waals surface area contributed by atoms with Crippen molar-refractivity contribution in [3.05, 3.63) is 35.9 Å². The van der Waals surface area contributed by atoms with Crippen molar-refractivity contribution in [3.63, 3.8) is 0 Å². The van der Waals surface area contributed by atoms with Gasteiger partial charge in [-0.1, -0.05) is 30.3 Å². The molecule has 2 N–H and O–H groups in total. The third-order valence-electron chi connectivity index (χ3n) is 2.79. The minimum atomic E-state index is 0.00770. The fourth-order valence-corrected chi connectivity index (χ4v) is 1.81. The number of hydrazine groups is 1. The van der Waals surface area contributed by atoms with Gasteiger partial charge in [0.05, 0.1) is 19.3 Å². The van der Waals surface area contributed by atoms with Crippen molar-refractivity contribution in [3.8, 4) is 0 Å². The molecule has 1 saturated heterocycles. The summed E-state index contributed by atoms with van der Waals surface area (Å²) < 4.78 is 5.55. The van der Waals surface area contributed by atoms with Crippen molar-refractivity contribution in [2.24, 2.45) is 5.84 Å². The van der Waals surface area contributed by atoms with Gasteiger partial charge in [-0.05, 0) is 12.0 Å². The molecule has 0 unspecified atom stereocenters. The summed E-state index contributed by atoms with van der Waals surface area (Å²) in [5.74, 6) is 5.61. The van der Waals surface area contributed by atoms with Crippen LogP contribution in [-0.2, 0) is 16.1 Å². The average Bonchev–Trinajstić information content (AvgIpc) is 2.62. The second-order valence-corrected chi connectivity index (χ2v) is 3.99. The van der Waals surface area contributed by atoms with E-state index in [1.165, 1.54) is 5.01 Å². The van der Waals surface area contributed by atoms with Gasteiger partial charge in [0.15, 0.2) is 0 Å².